The van der Waals surface area contributed by atoms with E-state index in [0.717, 1.165) is 31.6 Å². The van der Waals surface area contributed by atoms with Crippen LogP contribution in [0.1, 0.15) is 19.3 Å². The van der Waals surface area contributed by atoms with Crippen molar-refractivity contribution in [2.24, 2.45) is 5.92 Å². The Hall–Kier alpha value is -1.81. The van der Waals surface area contributed by atoms with Gasteiger partial charge in [-0.3, -0.25) is 4.79 Å². The van der Waals surface area contributed by atoms with Gasteiger partial charge in [0.1, 0.15) is 0 Å². The number of nitrogens with zero attached hydrogens (tertiary/aromatic N) is 2. The molecule has 1 aliphatic carbocycles. The van der Waals surface area contributed by atoms with Crippen LogP contribution in [0.2, 0.25) is 0 Å². The van der Waals surface area contributed by atoms with E-state index in [1.165, 1.54) is 17.3 Å². The zero-order valence-electron chi connectivity index (χ0n) is 12.8. The van der Waals surface area contributed by atoms with Crippen molar-refractivity contribution in [1.82, 2.24) is 9.47 Å². The van der Waals surface area contributed by atoms with E-state index in [4.69, 9.17) is 0 Å². The molecular weight excluding hydrogens is 262 g/mol. The van der Waals surface area contributed by atoms with Crippen LogP contribution in [0.15, 0.2) is 30.5 Å². The number of benzene rings is 1. The number of carbonyl (C=O) groups excluding carboxylic acids is 1. The highest BCUT2D eigenvalue weighted by Gasteiger charge is 2.25. The first-order valence-corrected chi connectivity index (χ1v) is 7.68. The largest absolute Gasteiger partial charge is 0.346 e. The van der Waals surface area contributed by atoms with Crippen molar-refractivity contribution in [2.45, 2.75) is 25.8 Å². The lowest BCUT2D eigenvalue weighted by atomic mass is 9.85. The van der Waals surface area contributed by atoms with Gasteiger partial charge in [0.15, 0.2) is 0 Å². The normalized spacial score (nSPS) is 15.4. The lowest BCUT2D eigenvalue weighted by Crippen LogP contribution is -2.27. The van der Waals surface area contributed by atoms with Crippen LogP contribution in [0.25, 0.3) is 10.9 Å². The van der Waals surface area contributed by atoms with Gasteiger partial charge in [0, 0.05) is 41.8 Å². The minimum atomic E-state index is 0.174. The lowest BCUT2D eigenvalue weighted by molar-refractivity contribution is -0.122. The van der Waals surface area contributed by atoms with Crippen LogP contribution < -0.4 is 5.32 Å². The Morgan fingerprint density at radius 3 is 2.81 bits per heavy atom. The van der Waals surface area contributed by atoms with E-state index in [2.05, 4.69) is 53.3 Å². The molecule has 21 heavy (non-hydrogen) atoms. The fraction of sp³-hybridized carbons (Fsp3) is 0.471. The van der Waals surface area contributed by atoms with Crippen molar-refractivity contribution in [3.63, 3.8) is 0 Å². The molecule has 3 rings (SSSR count). The zero-order valence-corrected chi connectivity index (χ0v) is 12.8. The van der Waals surface area contributed by atoms with Crippen molar-refractivity contribution in [3.8, 4) is 0 Å². The molecule has 112 valence electrons. The molecule has 1 heterocycles. The molecule has 4 nitrogen and oxygen atoms in total. The van der Waals surface area contributed by atoms with Crippen LogP contribution in [0, 0.1) is 5.92 Å². The number of hydrogen-bond donors (Lipinski definition) is 1. The molecule has 1 aromatic heterocycles. The lowest BCUT2D eigenvalue weighted by Gasteiger charge is -2.24. The number of rotatable bonds is 5. The SMILES string of the molecule is CN(C)CCn1ccc2cc(NC(=O)C3CCC3)ccc21. The molecule has 0 saturated heterocycles. The van der Waals surface area contributed by atoms with Crippen molar-refractivity contribution >= 4 is 22.5 Å². The van der Waals surface area contributed by atoms with E-state index in [9.17, 15) is 4.79 Å². The first kappa shape index (κ1) is 14.1. The molecule has 1 aromatic carbocycles. The minimum absolute atomic E-state index is 0.174. The second-order valence-electron chi connectivity index (χ2n) is 6.20. The number of likely N-dealkylation sites (N-methyl/N-ethyl adjacent to an activating group) is 1. The monoisotopic (exact) mass is 285 g/mol. The van der Waals surface area contributed by atoms with Crippen LogP contribution >= 0.6 is 0 Å². The van der Waals surface area contributed by atoms with Crippen molar-refractivity contribution in [1.29, 1.82) is 0 Å². The number of fused-ring (bicyclic) bond motifs is 1. The topological polar surface area (TPSA) is 37.3 Å². The Balaban J connectivity index is 1.73. The van der Waals surface area contributed by atoms with Gasteiger partial charge in [-0.25, -0.2) is 0 Å². The van der Waals surface area contributed by atoms with Gasteiger partial charge in [-0.15, -0.1) is 0 Å². The Morgan fingerprint density at radius 1 is 1.33 bits per heavy atom. The number of nitrogens with one attached hydrogen (secondary N) is 1. The third-order valence-corrected chi connectivity index (χ3v) is 4.30. The third-order valence-electron chi connectivity index (χ3n) is 4.30. The van der Waals surface area contributed by atoms with Gasteiger partial charge in [0.05, 0.1) is 0 Å². The molecule has 0 radical (unpaired) electrons. The number of hydrogen-bond acceptors (Lipinski definition) is 2. The molecule has 1 N–H and O–H groups in total. The number of carbonyl (C=O) groups is 1. The van der Waals surface area contributed by atoms with E-state index < -0.39 is 0 Å². The quantitative estimate of drug-likeness (QED) is 0.917. The molecule has 1 amide bonds. The van der Waals surface area contributed by atoms with E-state index in [-0.39, 0.29) is 11.8 Å². The molecule has 1 aliphatic rings. The van der Waals surface area contributed by atoms with E-state index >= 15 is 0 Å². The average Bonchev–Trinajstić information content (AvgIpc) is 2.76. The van der Waals surface area contributed by atoms with Crippen LogP contribution in [-0.4, -0.2) is 36.0 Å². The molecule has 2 aromatic rings. The van der Waals surface area contributed by atoms with Crippen LogP contribution in [0.4, 0.5) is 5.69 Å². The molecule has 4 heteroatoms. The van der Waals surface area contributed by atoms with Crippen LogP contribution in [0.5, 0.6) is 0 Å². The van der Waals surface area contributed by atoms with Crippen molar-refractivity contribution in [2.75, 3.05) is 26.0 Å². The summed E-state index contributed by atoms with van der Waals surface area (Å²) in [5, 5.41) is 4.22. The first-order valence-electron chi connectivity index (χ1n) is 7.68. The first-order chi connectivity index (χ1) is 10.1. The fourth-order valence-electron chi connectivity index (χ4n) is 2.70. The molecular formula is C17H23N3O. The summed E-state index contributed by atoms with van der Waals surface area (Å²) < 4.78 is 2.26. The van der Waals surface area contributed by atoms with E-state index in [1.54, 1.807) is 0 Å². The Labute approximate surface area is 125 Å². The molecule has 0 spiro atoms. The third kappa shape index (κ3) is 3.10. The Morgan fingerprint density at radius 2 is 2.14 bits per heavy atom. The summed E-state index contributed by atoms with van der Waals surface area (Å²) in [5.41, 5.74) is 2.13. The van der Waals surface area contributed by atoms with E-state index in [0.29, 0.717) is 0 Å². The zero-order chi connectivity index (χ0) is 14.8. The number of amides is 1. The van der Waals surface area contributed by atoms with Gasteiger partial charge in [-0.2, -0.15) is 0 Å². The minimum Gasteiger partial charge on any atom is -0.346 e. The predicted molar refractivity (Wildman–Crippen MR) is 86.5 cm³/mol. The number of anilines is 1. The van der Waals surface area contributed by atoms with Gasteiger partial charge >= 0.3 is 0 Å². The van der Waals surface area contributed by atoms with Crippen LogP contribution in [0.3, 0.4) is 0 Å². The summed E-state index contributed by atoms with van der Waals surface area (Å²) in [5.74, 6) is 0.401. The van der Waals surface area contributed by atoms with Gasteiger partial charge < -0.3 is 14.8 Å². The smallest absolute Gasteiger partial charge is 0.227 e. The maximum Gasteiger partial charge on any atom is 0.227 e. The summed E-state index contributed by atoms with van der Waals surface area (Å²) in [7, 11) is 4.17. The molecule has 0 bridgehead atoms. The highest BCUT2D eigenvalue weighted by atomic mass is 16.1. The van der Waals surface area contributed by atoms with Crippen molar-refractivity contribution in [3.05, 3.63) is 30.5 Å². The second kappa shape index (κ2) is 5.90. The van der Waals surface area contributed by atoms with E-state index in [1.807, 2.05) is 6.07 Å². The molecule has 0 unspecified atom stereocenters. The van der Waals surface area contributed by atoms with Gasteiger partial charge in [-0.1, -0.05) is 6.42 Å². The number of aromatic nitrogens is 1. The summed E-state index contributed by atoms with van der Waals surface area (Å²) in [4.78, 5) is 14.2. The molecule has 0 atom stereocenters. The summed E-state index contributed by atoms with van der Waals surface area (Å²) in [6.45, 7) is 1.99. The standard InChI is InChI=1S/C17H23N3O/c1-19(2)10-11-20-9-8-14-12-15(6-7-16(14)20)18-17(21)13-4-3-5-13/h6-9,12-13H,3-5,10-11H2,1-2H3,(H,18,21). The van der Waals surface area contributed by atoms with Crippen molar-refractivity contribution < 1.29 is 4.79 Å². The van der Waals surface area contributed by atoms with Gasteiger partial charge in [0.25, 0.3) is 0 Å². The molecule has 0 aliphatic heterocycles. The summed E-state index contributed by atoms with van der Waals surface area (Å²) in [6, 6.07) is 8.29. The Bertz CT molecular complexity index is 641. The molecule has 1 saturated carbocycles. The fourth-order valence-corrected chi connectivity index (χ4v) is 2.70. The second-order valence-corrected chi connectivity index (χ2v) is 6.20. The highest BCUT2D eigenvalue weighted by molar-refractivity contribution is 5.95. The maximum atomic E-state index is 12.0. The highest BCUT2D eigenvalue weighted by Crippen LogP contribution is 2.28. The van der Waals surface area contributed by atoms with Crippen LogP contribution in [-0.2, 0) is 11.3 Å². The maximum absolute atomic E-state index is 12.0. The summed E-state index contributed by atoms with van der Waals surface area (Å²) in [6.07, 6.45) is 5.38. The average molecular weight is 285 g/mol. The predicted octanol–water partition coefficient (Wildman–Crippen LogP) is 2.94. The van der Waals surface area contributed by atoms with Gasteiger partial charge in [0.2, 0.25) is 5.91 Å². The summed E-state index contributed by atoms with van der Waals surface area (Å²) >= 11 is 0. The van der Waals surface area contributed by atoms with Gasteiger partial charge in [-0.05, 0) is 51.2 Å². The Kier molecular flexibility index (Phi) is 3.97. The molecule has 1 fully saturated rings.